The summed E-state index contributed by atoms with van der Waals surface area (Å²) < 4.78 is 1.67. The molecule has 0 atom stereocenters. The number of hydrogen-bond donors (Lipinski definition) is 1. The van der Waals surface area contributed by atoms with Gasteiger partial charge in [0.05, 0.1) is 6.54 Å². The Morgan fingerprint density at radius 2 is 2.06 bits per heavy atom. The van der Waals surface area contributed by atoms with Crippen LogP contribution in [0.4, 0.5) is 5.82 Å². The van der Waals surface area contributed by atoms with Gasteiger partial charge in [-0.05, 0) is 20.8 Å². The van der Waals surface area contributed by atoms with Crippen molar-refractivity contribution in [3.05, 3.63) is 37.8 Å². The maximum absolute atomic E-state index is 11.7. The second-order valence-electron chi connectivity index (χ2n) is 3.95. The molecule has 6 heteroatoms. The first-order valence-corrected chi connectivity index (χ1v) is 6.06. The average molecular weight is 250 g/mol. The fraction of sp³-hybridized carbons (Fsp3) is 0.364. The summed E-state index contributed by atoms with van der Waals surface area (Å²) in [6.45, 7) is 6.09. The maximum atomic E-state index is 11.7. The SMILES string of the molecule is Cc1cc(N)nc(Cn2c(C)c(C)sc2=O)n1. The van der Waals surface area contributed by atoms with Crippen molar-refractivity contribution in [2.75, 3.05) is 5.73 Å². The average Bonchev–Trinajstić information content (AvgIpc) is 2.44. The molecule has 2 N–H and O–H groups in total. The highest BCUT2D eigenvalue weighted by molar-refractivity contribution is 7.09. The Labute approximate surface area is 103 Å². The molecule has 2 heterocycles. The molecular formula is C11H14N4OS. The summed E-state index contributed by atoms with van der Waals surface area (Å²) in [6, 6.07) is 1.71. The lowest BCUT2D eigenvalue weighted by atomic mass is 10.4. The van der Waals surface area contributed by atoms with Crippen LogP contribution in [0.25, 0.3) is 0 Å². The zero-order chi connectivity index (χ0) is 12.6. The van der Waals surface area contributed by atoms with E-state index in [-0.39, 0.29) is 4.87 Å². The third-order valence-electron chi connectivity index (χ3n) is 2.60. The topological polar surface area (TPSA) is 73.8 Å². The minimum absolute atomic E-state index is 0.0173. The van der Waals surface area contributed by atoms with Crippen molar-refractivity contribution in [3.8, 4) is 0 Å². The molecule has 90 valence electrons. The van der Waals surface area contributed by atoms with E-state index in [0.717, 1.165) is 16.3 Å². The van der Waals surface area contributed by atoms with Crippen molar-refractivity contribution in [3.63, 3.8) is 0 Å². The van der Waals surface area contributed by atoms with Crippen molar-refractivity contribution < 1.29 is 0 Å². The van der Waals surface area contributed by atoms with Crippen LogP contribution in [0, 0.1) is 20.8 Å². The summed E-state index contributed by atoms with van der Waals surface area (Å²) in [5.74, 6) is 1.01. The second-order valence-corrected chi connectivity index (χ2v) is 5.11. The van der Waals surface area contributed by atoms with Crippen LogP contribution in [0.3, 0.4) is 0 Å². The quantitative estimate of drug-likeness (QED) is 0.870. The predicted octanol–water partition coefficient (Wildman–Crippen LogP) is 1.26. The minimum Gasteiger partial charge on any atom is -0.384 e. The number of nitrogens with two attached hydrogens (primary N) is 1. The van der Waals surface area contributed by atoms with E-state index in [0.29, 0.717) is 18.2 Å². The molecule has 0 aliphatic carbocycles. The summed E-state index contributed by atoms with van der Waals surface area (Å²) in [4.78, 5) is 21.2. The normalized spacial score (nSPS) is 10.8. The molecule has 0 fully saturated rings. The molecule has 2 rings (SSSR count). The summed E-state index contributed by atoms with van der Waals surface area (Å²) in [6.07, 6.45) is 0. The van der Waals surface area contributed by atoms with Crippen molar-refractivity contribution in [1.82, 2.24) is 14.5 Å². The third-order valence-corrected chi connectivity index (χ3v) is 3.59. The van der Waals surface area contributed by atoms with Crippen molar-refractivity contribution in [1.29, 1.82) is 0 Å². The second kappa shape index (κ2) is 4.29. The van der Waals surface area contributed by atoms with Gasteiger partial charge in [0, 0.05) is 22.3 Å². The standard InChI is InChI=1S/C11H14N4OS/c1-6-4-9(12)14-10(13-6)5-15-7(2)8(3)17-11(15)16/h4H,5H2,1-3H3,(H2,12,13,14). The number of anilines is 1. The van der Waals surface area contributed by atoms with Gasteiger partial charge in [-0.2, -0.15) is 0 Å². The zero-order valence-electron chi connectivity index (χ0n) is 10.0. The van der Waals surface area contributed by atoms with Gasteiger partial charge in [0.25, 0.3) is 0 Å². The van der Waals surface area contributed by atoms with Gasteiger partial charge in [-0.3, -0.25) is 9.36 Å². The van der Waals surface area contributed by atoms with E-state index >= 15 is 0 Å². The monoisotopic (exact) mass is 250 g/mol. The van der Waals surface area contributed by atoms with Crippen molar-refractivity contribution in [2.24, 2.45) is 0 Å². The number of hydrogen-bond acceptors (Lipinski definition) is 5. The summed E-state index contributed by atoms with van der Waals surface area (Å²) >= 11 is 1.24. The largest absolute Gasteiger partial charge is 0.384 e. The van der Waals surface area contributed by atoms with Crippen LogP contribution in [-0.2, 0) is 6.54 Å². The van der Waals surface area contributed by atoms with E-state index in [1.54, 1.807) is 10.6 Å². The van der Waals surface area contributed by atoms with E-state index < -0.39 is 0 Å². The van der Waals surface area contributed by atoms with Gasteiger partial charge in [0.2, 0.25) is 0 Å². The number of rotatable bonds is 2. The van der Waals surface area contributed by atoms with E-state index in [1.807, 2.05) is 20.8 Å². The predicted molar refractivity (Wildman–Crippen MR) is 68.3 cm³/mol. The van der Waals surface area contributed by atoms with Crippen LogP contribution in [0.15, 0.2) is 10.9 Å². The third kappa shape index (κ3) is 2.36. The highest BCUT2D eigenvalue weighted by Gasteiger charge is 2.09. The van der Waals surface area contributed by atoms with Gasteiger partial charge >= 0.3 is 4.87 Å². The lowest BCUT2D eigenvalue weighted by Crippen LogP contribution is -2.17. The fourth-order valence-electron chi connectivity index (χ4n) is 1.64. The van der Waals surface area contributed by atoms with Crippen LogP contribution < -0.4 is 10.6 Å². The fourth-order valence-corrected chi connectivity index (χ4v) is 2.47. The highest BCUT2D eigenvalue weighted by atomic mass is 32.1. The molecule has 0 radical (unpaired) electrons. The number of nitrogens with zero attached hydrogens (tertiary/aromatic N) is 3. The molecule has 0 aromatic carbocycles. The van der Waals surface area contributed by atoms with Gasteiger partial charge in [0.1, 0.15) is 5.82 Å². The summed E-state index contributed by atoms with van der Waals surface area (Å²) in [7, 11) is 0. The molecule has 0 aliphatic heterocycles. The number of nitrogen functional groups attached to an aromatic ring is 1. The first kappa shape index (κ1) is 11.8. The lowest BCUT2D eigenvalue weighted by Gasteiger charge is -2.05. The Hall–Kier alpha value is -1.69. The number of aromatic nitrogens is 3. The Balaban J connectivity index is 2.41. The smallest absolute Gasteiger partial charge is 0.307 e. The summed E-state index contributed by atoms with van der Waals surface area (Å²) in [5, 5.41) is 0. The molecule has 0 saturated carbocycles. The van der Waals surface area contributed by atoms with Crippen LogP contribution >= 0.6 is 11.3 Å². The van der Waals surface area contributed by atoms with E-state index in [1.165, 1.54) is 11.3 Å². The molecule has 0 unspecified atom stereocenters. The molecule has 17 heavy (non-hydrogen) atoms. The Kier molecular flexibility index (Phi) is 2.97. The number of thiazole rings is 1. The van der Waals surface area contributed by atoms with Gasteiger partial charge in [0.15, 0.2) is 5.82 Å². The molecular weight excluding hydrogens is 236 g/mol. The van der Waals surface area contributed by atoms with Gasteiger partial charge in [-0.1, -0.05) is 11.3 Å². The Morgan fingerprint density at radius 3 is 2.59 bits per heavy atom. The van der Waals surface area contributed by atoms with Crippen LogP contribution in [-0.4, -0.2) is 14.5 Å². The van der Waals surface area contributed by atoms with Crippen LogP contribution in [0.5, 0.6) is 0 Å². The molecule has 2 aromatic rings. The molecule has 5 nitrogen and oxygen atoms in total. The maximum Gasteiger partial charge on any atom is 0.307 e. The van der Waals surface area contributed by atoms with E-state index in [2.05, 4.69) is 9.97 Å². The first-order chi connectivity index (χ1) is 7.97. The zero-order valence-corrected chi connectivity index (χ0v) is 10.8. The minimum atomic E-state index is 0.0173. The molecule has 0 bridgehead atoms. The number of aryl methyl sites for hydroxylation is 2. The Bertz CT molecular complexity index is 594. The van der Waals surface area contributed by atoms with Crippen LogP contribution in [0.2, 0.25) is 0 Å². The molecule has 2 aromatic heterocycles. The molecule has 0 aliphatic rings. The lowest BCUT2D eigenvalue weighted by molar-refractivity contribution is 0.706. The van der Waals surface area contributed by atoms with Crippen molar-refractivity contribution in [2.45, 2.75) is 27.3 Å². The summed E-state index contributed by atoms with van der Waals surface area (Å²) in [5.41, 5.74) is 7.43. The Morgan fingerprint density at radius 1 is 1.35 bits per heavy atom. The van der Waals surface area contributed by atoms with Gasteiger partial charge in [-0.15, -0.1) is 0 Å². The van der Waals surface area contributed by atoms with Crippen molar-refractivity contribution >= 4 is 17.2 Å². The van der Waals surface area contributed by atoms with Gasteiger partial charge < -0.3 is 5.73 Å². The molecule has 0 amide bonds. The van der Waals surface area contributed by atoms with Crippen LogP contribution in [0.1, 0.15) is 22.1 Å². The van der Waals surface area contributed by atoms with E-state index in [9.17, 15) is 4.79 Å². The highest BCUT2D eigenvalue weighted by Crippen LogP contribution is 2.11. The first-order valence-electron chi connectivity index (χ1n) is 5.24. The molecule has 0 spiro atoms. The molecule has 0 saturated heterocycles. The van der Waals surface area contributed by atoms with Gasteiger partial charge in [-0.25, -0.2) is 9.97 Å². The van der Waals surface area contributed by atoms with E-state index in [4.69, 9.17) is 5.73 Å².